The lowest BCUT2D eigenvalue weighted by atomic mass is 10.1. The Balaban J connectivity index is 1.42. The summed E-state index contributed by atoms with van der Waals surface area (Å²) >= 11 is 0. The molecular formula is C27H26N4O4. The number of nitro benzene ring substituents is 1. The number of fused-ring (bicyclic) bond motifs is 1. The topological polar surface area (TPSA) is 102 Å². The fourth-order valence-electron chi connectivity index (χ4n) is 4.45. The minimum atomic E-state index is -0.415. The van der Waals surface area contributed by atoms with Crippen molar-refractivity contribution in [3.63, 3.8) is 0 Å². The summed E-state index contributed by atoms with van der Waals surface area (Å²) in [6, 6.07) is 16.1. The predicted octanol–water partition coefficient (Wildman–Crippen LogP) is 6.26. The van der Waals surface area contributed by atoms with Crippen LogP contribution in [0.3, 0.4) is 0 Å². The first kappa shape index (κ1) is 22.6. The van der Waals surface area contributed by atoms with Gasteiger partial charge in [0, 0.05) is 36.0 Å². The van der Waals surface area contributed by atoms with Crippen LogP contribution in [-0.4, -0.2) is 28.9 Å². The fraction of sp³-hybridized carbons (Fsp3) is 0.259. The molecule has 4 aromatic rings. The average molecular weight is 471 g/mol. The van der Waals surface area contributed by atoms with Crippen molar-refractivity contribution in [2.24, 2.45) is 0 Å². The lowest BCUT2D eigenvalue weighted by Gasteiger charge is -2.28. The first-order chi connectivity index (χ1) is 16.9. The number of anilines is 2. The maximum absolute atomic E-state index is 13.1. The molecule has 5 rings (SSSR count). The van der Waals surface area contributed by atoms with Gasteiger partial charge in [-0.1, -0.05) is 12.1 Å². The van der Waals surface area contributed by atoms with E-state index in [0.29, 0.717) is 22.8 Å². The SMILES string of the molecule is Cc1ccc2nc(-c3ccc(C)c(NC(=O)c4ccc(N5CCCCC5)c([N+](=O)[O-])c4)c3)oc2c1. The van der Waals surface area contributed by atoms with Crippen LogP contribution in [0.15, 0.2) is 59.0 Å². The molecule has 1 saturated heterocycles. The van der Waals surface area contributed by atoms with Gasteiger partial charge in [0.05, 0.1) is 4.92 Å². The standard InChI is InChI=1S/C27H26N4O4/c1-17-6-10-21-25(14-17)35-27(29-21)20-8-7-18(2)22(15-20)28-26(32)19-9-11-23(24(16-19)31(33)34)30-12-4-3-5-13-30/h6-11,14-16H,3-5,12-13H2,1-2H3,(H,28,32). The molecule has 0 radical (unpaired) electrons. The molecule has 0 atom stereocenters. The number of carbonyl (C=O) groups is 1. The summed E-state index contributed by atoms with van der Waals surface area (Å²) in [6.07, 6.45) is 3.15. The number of nitrogens with one attached hydrogen (secondary N) is 1. The second kappa shape index (κ2) is 9.21. The van der Waals surface area contributed by atoms with E-state index in [1.165, 1.54) is 6.07 Å². The van der Waals surface area contributed by atoms with Gasteiger partial charge in [0.1, 0.15) is 11.2 Å². The summed E-state index contributed by atoms with van der Waals surface area (Å²) in [4.78, 5) is 31.0. The van der Waals surface area contributed by atoms with Crippen molar-refractivity contribution in [1.29, 1.82) is 0 Å². The molecular weight excluding hydrogens is 444 g/mol. The molecule has 1 amide bonds. The maximum atomic E-state index is 13.1. The third-order valence-electron chi connectivity index (χ3n) is 6.41. The molecule has 35 heavy (non-hydrogen) atoms. The molecule has 0 saturated carbocycles. The second-order valence-corrected chi connectivity index (χ2v) is 8.98. The predicted molar refractivity (Wildman–Crippen MR) is 136 cm³/mol. The normalized spacial score (nSPS) is 13.7. The zero-order valence-electron chi connectivity index (χ0n) is 19.7. The maximum Gasteiger partial charge on any atom is 0.293 e. The van der Waals surface area contributed by atoms with Gasteiger partial charge in [0.15, 0.2) is 5.58 Å². The molecule has 1 fully saturated rings. The quantitative estimate of drug-likeness (QED) is 0.273. The van der Waals surface area contributed by atoms with Crippen molar-refractivity contribution < 1.29 is 14.1 Å². The van der Waals surface area contributed by atoms with E-state index in [0.717, 1.165) is 54.6 Å². The number of aryl methyl sites for hydroxylation is 2. The molecule has 0 unspecified atom stereocenters. The van der Waals surface area contributed by atoms with Crippen LogP contribution in [0.5, 0.6) is 0 Å². The van der Waals surface area contributed by atoms with Gasteiger partial charge in [-0.3, -0.25) is 14.9 Å². The van der Waals surface area contributed by atoms with Gasteiger partial charge in [-0.2, -0.15) is 0 Å². The van der Waals surface area contributed by atoms with E-state index in [1.54, 1.807) is 18.2 Å². The first-order valence-electron chi connectivity index (χ1n) is 11.7. The summed E-state index contributed by atoms with van der Waals surface area (Å²) < 4.78 is 5.93. The van der Waals surface area contributed by atoms with Crippen LogP contribution in [0.2, 0.25) is 0 Å². The van der Waals surface area contributed by atoms with Crippen LogP contribution in [0, 0.1) is 24.0 Å². The Morgan fingerprint density at radius 1 is 1.03 bits per heavy atom. The van der Waals surface area contributed by atoms with Crippen molar-refractivity contribution >= 4 is 34.1 Å². The first-order valence-corrected chi connectivity index (χ1v) is 11.7. The third-order valence-corrected chi connectivity index (χ3v) is 6.41. The highest BCUT2D eigenvalue weighted by Gasteiger charge is 2.23. The van der Waals surface area contributed by atoms with Crippen LogP contribution < -0.4 is 10.2 Å². The Bertz CT molecular complexity index is 1440. The number of nitro groups is 1. The lowest BCUT2D eigenvalue weighted by molar-refractivity contribution is -0.384. The van der Waals surface area contributed by atoms with E-state index < -0.39 is 10.8 Å². The van der Waals surface area contributed by atoms with Gasteiger partial charge in [-0.25, -0.2) is 4.98 Å². The monoisotopic (exact) mass is 470 g/mol. The van der Waals surface area contributed by atoms with E-state index in [-0.39, 0.29) is 11.3 Å². The summed E-state index contributed by atoms with van der Waals surface area (Å²) in [5.41, 5.74) is 5.47. The van der Waals surface area contributed by atoms with Crippen LogP contribution in [0.1, 0.15) is 40.7 Å². The molecule has 1 aliphatic rings. The highest BCUT2D eigenvalue weighted by molar-refractivity contribution is 6.05. The summed E-state index contributed by atoms with van der Waals surface area (Å²) in [5, 5.41) is 14.7. The number of piperidine rings is 1. The highest BCUT2D eigenvalue weighted by Crippen LogP contribution is 2.32. The minimum Gasteiger partial charge on any atom is -0.436 e. The number of hydrogen-bond donors (Lipinski definition) is 1. The van der Waals surface area contributed by atoms with Crippen molar-refractivity contribution in [3.8, 4) is 11.5 Å². The molecule has 3 aromatic carbocycles. The summed E-state index contributed by atoms with van der Waals surface area (Å²) in [6.45, 7) is 5.45. The van der Waals surface area contributed by atoms with Crippen LogP contribution in [0.4, 0.5) is 17.1 Å². The Morgan fingerprint density at radius 2 is 1.83 bits per heavy atom. The smallest absolute Gasteiger partial charge is 0.293 e. The van der Waals surface area contributed by atoms with Gasteiger partial charge in [0.2, 0.25) is 5.89 Å². The number of rotatable bonds is 5. The fourth-order valence-corrected chi connectivity index (χ4v) is 4.45. The Kier molecular flexibility index (Phi) is 5.94. The zero-order chi connectivity index (χ0) is 24.5. The largest absolute Gasteiger partial charge is 0.436 e. The number of carbonyl (C=O) groups excluding carboxylic acids is 1. The molecule has 2 heterocycles. The molecule has 1 N–H and O–H groups in total. The number of aromatic nitrogens is 1. The molecule has 0 spiro atoms. The number of hydrogen-bond acceptors (Lipinski definition) is 6. The van der Waals surface area contributed by atoms with E-state index >= 15 is 0 Å². The number of amides is 1. The van der Waals surface area contributed by atoms with E-state index in [9.17, 15) is 14.9 Å². The van der Waals surface area contributed by atoms with E-state index in [4.69, 9.17) is 4.42 Å². The zero-order valence-corrected chi connectivity index (χ0v) is 19.7. The number of oxazole rings is 1. The van der Waals surface area contributed by atoms with Gasteiger partial charge in [-0.15, -0.1) is 0 Å². The van der Waals surface area contributed by atoms with E-state index in [2.05, 4.69) is 10.3 Å². The second-order valence-electron chi connectivity index (χ2n) is 8.98. The van der Waals surface area contributed by atoms with Gasteiger partial charge in [-0.05, 0) is 80.6 Å². The molecule has 0 bridgehead atoms. The Hall–Kier alpha value is -4.20. The van der Waals surface area contributed by atoms with Crippen LogP contribution >= 0.6 is 0 Å². The van der Waals surface area contributed by atoms with Crippen molar-refractivity contribution in [1.82, 2.24) is 4.98 Å². The van der Waals surface area contributed by atoms with Gasteiger partial charge in [0.25, 0.3) is 11.6 Å². The molecule has 8 heteroatoms. The average Bonchev–Trinajstić information content (AvgIpc) is 3.28. The van der Waals surface area contributed by atoms with Gasteiger partial charge >= 0.3 is 0 Å². The van der Waals surface area contributed by atoms with Gasteiger partial charge < -0.3 is 14.6 Å². The Labute approximate surface area is 202 Å². The van der Waals surface area contributed by atoms with Crippen LogP contribution in [0.25, 0.3) is 22.6 Å². The highest BCUT2D eigenvalue weighted by atomic mass is 16.6. The summed E-state index contributed by atoms with van der Waals surface area (Å²) in [7, 11) is 0. The molecule has 8 nitrogen and oxygen atoms in total. The Morgan fingerprint density at radius 3 is 2.60 bits per heavy atom. The third kappa shape index (κ3) is 4.59. The molecule has 0 aliphatic carbocycles. The van der Waals surface area contributed by atoms with E-state index in [1.807, 2.05) is 49.1 Å². The molecule has 178 valence electrons. The van der Waals surface area contributed by atoms with Crippen LogP contribution in [-0.2, 0) is 0 Å². The lowest BCUT2D eigenvalue weighted by Crippen LogP contribution is -2.30. The molecule has 1 aliphatic heterocycles. The van der Waals surface area contributed by atoms with Crippen molar-refractivity contribution in [2.45, 2.75) is 33.1 Å². The number of nitrogens with zero attached hydrogens (tertiary/aromatic N) is 3. The van der Waals surface area contributed by atoms with Crippen molar-refractivity contribution in [2.75, 3.05) is 23.3 Å². The summed E-state index contributed by atoms with van der Waals surface area (Å²) in [5.74, 6) is 0.0503. The van der Waals surface area contributed by atoms with Crippen molar-refractivity contribution in [3.05, 3.63) is 81.4 Å². The molecule has 1 aromatic heterocycles. The number of benzene rings is 3. The minimum absolute atomic E-state index is 0.0493.